The molecule has 156 valence electrons. The van der Waals surface area contributed by atoms with Crippen LogP contribution in [0.25, 0.3) is 5.69 Å². The Kier molecular flexibility index (Phi) is 6.13. The highest BCUT2D eigenvalue weighted by Gasteiger charge is 2.30. The van der Waals surface area contributed by atoms with Crippen molar-refractivity contribution in [3.8, 4) is 11.4 Å². The molecule has 1 atom stereocenters. The predicted octanol–water partition coefficient (Wildman–Crippen LogP) is 4.95. The van der Waals surface area contributed by atoms with Gasteiger partial charge in [-0.15, -0.1) is 0 Å². The lowest BCUT2D eigenvalue weighted by Crippen LogP contribution is -2.32. The Balaban J connectivity index is 1.48. The highest BCUT2D eigenvalue weighted by Crippen LogP contribution is 2.34. The van der Waals surface area contributed by atoms with Gasteiger partial charge in [-0.05, 0) is 61.6 Å². The van der Waals surface area contributed by atoms with Crippen molar-refractivity contribution in [1.29, 1.82) is 0 Å². The monoisotopic (exact) mass is 421 g/mol. The highest BCUT2D eigenvalue weighted by atomic mass is 32.2. The summed E-state index contributed by atoms with van der Waals surface area (Å²) < 4.78 is 7.43. The molecule has 30 heavy (non-hydrogen) atoms. The number of methoxy groups -OCH3 is 1. The van der Waals surface area contributed by atoms with E-state index >= 15 is 0 Å². The van der Waals surface area contributed by atoms with Crippen LogP contribution >= 0.6 is 11.8 Å². The number of hydrogen-bond donors (Lipinski definition) is 0. The number of hydrogen-bond acceptors (Lipinski definition) is 4. The molecule has 1 aliphatic heterocycles. The molecule has 0 aliphatic carbocycles. The van der Waals surface area contributed by atoms with Crippen LogP contribution < -0.4 is 4.74 Å². The zero-order valence-electron chi connectivity index (χ0n) is 17.7. The molecule has 0 saturated carbocycles. The van der Waals surface area contributed by atoms with Gasteiger partial charge in [-0.3, -0.25) is 9.36 Å². The van der Waals surface area contributed by atoms with Gasteiger partial charge >= 0.3 is 0 Å². The van der Waals surface area contributed by atoms with E-state index in [0.29, 0.717) is 5.75 Å². The quantitative estimate of drug-likeness (QED) is 0.528. The van der Waals surface area contributed by atoms with E-state index < -0.39 is 0 Å². The number of carbonyl (C=O) groups excluding carboxylic acids is 1. The topological polar surface area (TPSA) is 47.4 Å². The first-order valence-corrected chi connectivity index (χ1v) is 11.2. The number of amides is 1. The van der Waals surface area contributed by atoms with E-state index in [1.807, 2.05) is 29.3 Å². The second-order valence-corrected chi connectivity index (χ2v) is 8.55. The molecule has 2 aromatic carbocycles. The van der Waals surface area contributed by atoms with Gasteiger partial charge < -0.3 is 9.64 Å². The summed E-state index contributed by atoms with van der Waals surface area (Å²) in [5.74, 6) is 1.36. The number of carbonyl (C=O) groups is 1. The molecular weight excluding hydrogens is 394 g/mol. The number of likely N-dealkylation sites (tertiary alicyclic amines) is 1. The van der Waals surface area contributed by atoms with Crippen molar-refractivity contribution in [1.82, 2.24) is 14.5 Å². The summed E-state index contributed by atoms with van der Waals surface area (Å²) in [5.41, 5.74) is 4.72. The normalized spacial score (nSPS) is 16.1. The van der Waals surface area contributed by atoms with E-state index in [9.17, 15) is 4.79 Å². The van der Waals surface area contributed by atoms with Crippen LogP contribution in [0.1, 0.15) is 35.6 Å². The fourth-order valence-electron chi connectivity index (χ4n) is 4.05. The Morgan fingerprint density at radius 1 is 1.23 bits per heavy atom. The van der Waals surface area contributed by atoms with Crippen molar-refractivity contribution in [2.75, 3.05) is 19.4 Å². The van der Waals surface area contributed by atoms with Gasteiger partial charge in [-0.25, -0.2) is 4.98 Å². The summed E-state index contributed by atoms with van der Waals surface area (Å²) in [6.45, 7) is 5.03. The third-order valence-electron chi connectivity index (χ3n) is 5.82. The van der Waals surface area contributed by atoms with E-state index in [4.69, 9.17) is 4.74 Å². The minimum absolute atomic E-state index is 0.118. The largest absolute Gasteiger partial charge is 0.497 e. The smallest absolute Gasteiger partial charge is 0.233 e. The molecule has 5 nitrogen and oxygen atoms in total. The highest BCUT2D eigenvalue weighted by molar-refractivity contribution is 7.99. The number of benzene rings is 2. The van der Waals surface area contributed by atoms with Gasteiger partial charge in [0, 0.05) is 18.9 Å². The first-order chi connectivity index (χ1) is 14.6. The molecule has 1 aromatic heterocycles. The molecular formula is C24H27N3O2S. The molecule has 0 bridgehead atoms. The second-order valence-electron chi connectivity index (χ2n) is 7.61. The standard InChI is InChI=1S/C24H27N3O2S/c1-17-7-4-10-21(18(17)2)27-14-12-25-24(27)30-16-23(28)26-13-6-11-22(26)19-8-5-9-20(15-19)29-3/h4-5,7-10,12,14-15,22H,6,11,13,16H2,1-3H3. The molecule has 1 unspecified atom stereocenters. The summed E-state index contributed by atoms with van der Waals surface area (Å²) in [5, 5.41) is 0.842. The van der Waals surface area contributed by atoms with Gasteiger partial charge in [-0.1, -0.05) is 36.0 Å². The SMILES string of the molecule is COc1cccc(C2CCCN2C(=O)CSc2nccn2-c2cccc(C)c2C)c1. The van der Waals surface area contributed by atoms with Crippen LogP contribution in [0.15, 0.2) is 60.0 Å². The number of rotatable bonds is 6. The van der Waals surface area contributed by atoms with Crippen LogP contribution in [0.4, 0.5) is 0 Å². The van der Waals surface area contributed by atoms with E-state index in [2.05, 4.69) is 47.7 Å². The Morgan fingerprint density at radius 2 is 2.07 bits per heavy atom. The summed E-state index contributed by atoms with van der Waals surface area (Å²) >= 11 is 1.50. The molecule has 1 fully saturated rings. The summed E-state index contributed by atoms with van der Waals surface area (Å²) in [6, 6.07) is 14.4. The van der Waals surface area contributed by atoms with E-state index in [1.165, 1.54) is 22.9 Å². The molecule has 0 spiro atoms. The number of aryl methyl sites for hydroxylation is 1. The molecule has 0 N–H and O–H groups in total. The second kappa shape index (κ2) is 8.96. The first-order valence-electron chi connectivity index (χ1n) is 10.2. The van der Waals surface area contributed by atoms with Crippen LogP contribution in [0.5, 0.6) is 5.75 Å². The molecule has 3 aromatic rings. The fraction of sp³-hybridized carbons (Fsp3) is 0.333. The van der Waals surface area contributed by atoms with Gasteiger partial charge in [0.2, 0.25) is 5.91 Å². The molecule has 1 saturated heterocycles. The number of ether oxygens (including phenoxy) is 1. The van der Waals surface area contributed by atoms with Gasteiger partial charge in [0.25, 0.3) is 0 Å². The van der Waals surface area contributed by atoms with Gasteiger partial charge in [0.15, 0.2) is 5.16 Å². The molecule has 1 aliphatic rings. The van der Waals surface area contributed by atoms with Crippen molar-refractivity contribution in [3.63, 3.8) is 0 Å². The number of thioether (sulfide) groups is 1. The maximum atomic E-state index is 13.1. The predicted molar refractivity (Wildman–Crippen MR) is 120 cm³/mol. The van der Waals surface area contributed by atoms with Gasteiger partial charge in [0.1, 0.15) is 5.75 Å². The fourth-order valence-corrected chi connectivity index (χ4v) is 4.90. The molecule has 4 rings (SSSR count). The van der Waals surface area contributed by atoms with E-state index in [1.54, 1.807) is 13.3 Å². The minimum atomic E-state index is 0.118. The maximum Gasteiger partial charge on any atom is 0.233 e. The van der Waals surface area contributed by atoms with Gasteiger partial charge in [0.05, 0.1) is 24.6 Å². The lowest BCUT2D eigenvalue weighted by atomic mass is 10.0. The van der Waals surface area contributed by atoms with Crippen molar-refractivity contribution in [2.45, 2.75) is 37.9 Å². The van der Waals surface area contributed by atoms with Crippen LogP contribution in [-0.2, 0) is 4.79 Å². The van der Waals surface area contributed by atoms with Crippen molar-refractivity contribution in [3.05, 3.63) is 71.5 Å². The Bertz CT molecular complexity index is 1050. The summed E-state index contributed by atoms with van der Waals surface area (Å²) in [6.07, 6.45) is 5.77. The van der Waals surface area contributed by atoms with Gasteiger partial charge in [-0.2, -0.15) is 0 Å². The summed E-state index contributed by atoms with van der Waals surface area (Å²) in [7, 11) is 1.67. The Hall–Kier alpha value is -2.73. The third kappa shape index (κ3) is 4.10. The molecule has 1 amide bonds. The van der Waals surface area contributed by atoms with Crippen molar-refractivity contribution >= 4 is 17.7 Å². The zero-order chi connectivity index (χ0) is 21.1. The molecule has 0 radical (unpaired) electrons. The lowest BCUT2D eigenvalue weighted by molar-refractivity contribution is -0.129. The summed E-state index contributed by atoms with van der Waals surface area (Å²) in [4.78, 5) is 19.6. The number of aromatic nitrogens is 2. The van der Waals surface area contributed by atoms with Crippen LogP contribution in [0, 0.1) is 13.8 Å². The van der Waals surface area contributed by atoms with Crippen LogP contribution in [0.2, 0.25) is 0 Å². The average molecular weight is 422 g/mol. The molecule has 6 heteroatoms. The first kappa shape index (κ1) is 20.5. The Morgan fingerprint density at radius 3 is 2.90 bits per heavy atom. The average Bonchev–Trinajstić information content (AvgIpc) is 3.44. The minimum Gasteiger partial charge on any atom is -0.497 e. The number of nitrogens with zero attached hydrogens (tertiary/aromatic N) is 3. The van der Waals surface area contributed by atoms with Crippen LogP contribution in [-0.4, -0.2) is 39.8 Å². The lowest BCUT2D eigenvalue weighted by Gasteiger charge is -2.25. The molecule has 2 heterocycles. The Labute approximate surface area is 182 Å². The number of imidazole rings is 1. The maximum absolute atomic E-state index is 13.1. The third-order valence-corrected chi connectivity index (χ3v) is 6.77. The van der Waals surface area contributed by atoms with E-state index in [0.717, 1.165) is 41.5 Å². The van der Waals surface area contributed by atoms with Crippen LogP contribution in [0.3, 0.4) is 0 Å². The van der Waals surface area contributed by atoms with Crippen molar-refractivity contribution < 1.29 is 9.53 Å². The van der Waals surface area contributed by atoms with Crippen molar-refractivity contribution in [2.24, 2.45) is 0 Å². The van der Waals surface area contributed by atoms with E-state index in [-0.39, 0.29) is 11.9 Å². The zero-order valence-corrected chi connectivity index (χ0v) is 18.5.